The number of fused-ring (bicyclic) bond motifs is 1. The molecule has 0 aromatic carbocycles. The summed E-state index contributed by atoms with van der Waals surface area (Å²) in [6, 6.07) is -1.12. The highest BCUT2D eigenvalue weighted by Gasteiger charge is 2.76. The first-order chi connectivity index (χ1) is 14.8. The first-order valence-electron chi connectivity index (χ1n) is 11.5. The number of likely N-dealkylation sites (tertiary alicyclic amines) is 1. The van der Waals surface area contributed by atoms with E-state index in [1.165, 1.54) is 0 Å². The third kappa shape index (κ3) is 4.03. The third-order valence-electron chi connectivity index (χ3n) is 7.45. The fourth-order valence-electron chi connectivity index (χ4n) is 5.69. The van der Waals surface area contributed by atoms with Gasteiger partial charge >= 0.3 is 0 Å². The van der Waals surface area contributed by atoms with Crippen LogP contribution in [0.3, 0.4) is 0 Å². The van der Waals surface area contributed by atoms with Crippen molar-refractivity contribution >= 4 is 45.4 Å². The Morgan fingerprint density at radius 2 is 2.03 bits per heavy atom. The number of amides is 3. The van der Waals surface area contributed by atoms with Crippen molar-refractivity contribution in [3.05, 3.63) is 0 Å². The molecule has 3 fully saturated rings. The highest BCUT2D eigenvalue weighted by molar-refractivity contribution is 9.09. The maximum Gasteiger partial charge on any atom is 0.244 e. The number of carbonyl (C=O) groups is 3. The predicted molar refractivity (Wildman–Crippen MR) is 126 cm³/mol. The Bertz CT molecular complexity index is 710. The van der Waals surface area contributed by atoms with Crippen LogP contribution in [0.2, 0.25) is 0 Å². The lowest BCUT2D eigenvalue weighted by atomic mass is 9.70. The second kappa shape index (κ2) is 10.00. The van der Waals surface area contributed by atoms with E-state index in [2.05, 4.69) is 33.5 Å². The van der Waals surface area contributed by atoms with Crippen LogP contribution < -0.4 is 10.6 Å². The van der Waals surface area contributed by atoms with Crippen molar-refractivity contribution in [2.45, 2.75) is 79.8 Å². The van der Waals surface area contributed by atoms with Crippen LogP contribution in [-0.4, -0.2) is 74.8 Å². The minimum atomic E-state index is -0.678. The molecule has 2 bridgehead atoms. The van der Waals surface area contributed by atoms with E-state index in [0.717, 1.165) is 25.7 Å². The number of thioether (sulfide) groups is 1. The van der Waals surface area contributed by atoms with Crippen LogP contribution >= 0.6 is 27.7 Å². The predicted octanol–water partition coefficient (Wildman–Crippen LogP) is 1.91. The average molecular weight is 519 g/mol. The third-order valence-corrected chi connectivity index (χ3v) is 10.7. The molecule has 3 heterocycles. The van der Waals surface area contributed by atoms with Gasteiger partial charge in [0.05, 0.1) is 29.2 Å². The minimum Gasteiger partial charge on any atom is -0.394 e. The number of aliphatic hydroxyl groups excluding tert-OH is 1. The number of unbranched alkanes of at least 4 members (excludes halogenated alkanes) is 2. The van der Waals surface area contributed by atoms with Crippen LogP contribution in [-0.2, 0) is 14.4 Å². The smallest absolute Gasteiger partial charge is 0.244 e. The van der Waals surface area contributed by atoms with Crippen molar-refractivity contribution in [1.29, 1.82) is 0 Å². The molecule has 0 saturated carbocycles. The molecular weight excluding hydrogens is 482 g/mol. The van der Waals surface area contributed by atoms with Gasteiger partial charge in [0.1, 0.15) is 6.04 Å². The number of nitrogens with one attached hydrogen (secondary N) is 2. The van der Waals surface area contributed by atoms with Gasteiger partial charge in [0.15, 0.2) is 0 Å². The fourth-order valence-corrected chi connectivity index (χ4v) is 9.29. The van der Waals surface area contributed by atoms with E-state index >= 15 is 0 Å². The van der Waals surface area contributed by atoms with Crippen molar-refractivity contribution in [3.63, 3.8) is 0 Å². The van der Waals surface area contributed by atoms with Gasteiger partial charge in [0, 0.05) is 23.7 Å². The molecule has 3 amide bonds. The maximum atomic E-state index is 13.8. The molecule has 7 nitrogen and oxygen atoms in total. The molecule has 9 heteroatoms. The van der Waals surface area contributed by atoms with Gasteiger partial charge in [-0.15, -0.1) is 11.8 Å². The molecule has 176 valence electrons. The zero-order chi connectivity index (χ0) is 22.9. The average Bonchev–Trinajstić information content (AvgIpc) is 3.35. The number of hydrogen-bond donors (Lipinski definition) is 3. The van der Waals surface area contributed by atoms with Gasteiger partial charge in [-0.3, -0.25) is 14.4 Å². The number of alkyl halides is 1. The standard InChI is InChI=1S/C22H36BrN3O4S/c1-5-7-8-9-25-20(29)18-22-10-13(23)17(31-22)15(19(28)24-4)16(22)21(30)26(18)14(11-27)12(3)6-2/h12-18,27H,5-11H2,1-4H3,(H,24,28)(H,25,29)/t12-,13?,14-,15+,16-,17+,18?,22?/m0/s1. The van der Waals surface area contributed by atoms with E-state index in [1.807, 2.05) is 13.8 Å². The van der Waals surface area contributed by atoms with Gasteiger partial charge < -0.3 is 20.6 Å². The minimum absolute atomic E-state index is 0.0392. The number of rotatable bonds is 10. The van der Waals surface area contributed by atoms with E-state index in [1.54, 1.807) is 23.7 Å². The number of hydrogen-bond acceptors (Lipinski definition) is 5. The van der Waals surface area contributed by atoms with Gasteiger partial charge in [-0.25, -0.2) is 0 Å². The molecule has 8 atom stereocenters. The van der Waals surface area contributed by atoms with Crippen LogP contribution in [0.25, 0.3) is 0 Å². The van der Waals surface area contributed by atoms with E-state index in [4.69, 9.17) is 0 Å². The van der Waals surface area contributed by atoms with E-state index < -0.39 is 28.7 Å². The zero-order valence-electron chi connectivity index (χ0n) is 18.9. The van der Waals surface area contributed by atoms with Crippen LogP contribution in [0, 0.1) is 17.8 Å². The Labute approximate surface area is 198 Å². The van der Waals surface area contributed by atoms with E-state index in [9.17, 15) is 19.5 Å². The molecule has 3 N–H and O–H groups in total. The van der Waals surface area contributed by atoms with Gasteiger partial charge in [-0.1, -0.05) is 56.0 Å². The summed E-state index contributed by atoms with van der Waals surface area (Å²) < 4.78 is -0.650. The van der Waals surface area contributed by atoms with Crippen molar-refractivity contribution in [3.8, 4) is 0 Å². The Balaban J connectivity index is 2.01. The summed E-state index contributed by atoms with van der Waals surface area (Å²) in [5.41, 5.74) is 0. The molecule has 3 saturated heterocycles. The Kier molecular flexibility index (Phi) is 8.01. The molecule has 0 radical (unpaired) electrons. The molecular formula is C22H36BrN3O4S. The van der Waals surface area contributed by atoms with Crippen molar-refractivity contribution in [2.75, 3.05) is 20.2 Å². The summed E-state index contributed by atoms with van der Waals surface area (Å²) >= 11 is 5.37. The quantitative estimate of drug-likeness (QED) is 0.303. The van der Waals surface area contributed by atoms with Crippen LogP contribution in [0.1, 0.15) is 52.9 Å². The normalized spacial score (nSPS) is 35.7. The lowest BCUT2D eigenvalue weighted by Gasteiger charge is -2.39. The summed E-state index contributed by atoms with van der Waals surface area (Å²) in [5.74, 6) is -1.43. The summed E-state index contributed by atoms with van der Waals surface area (Å²) in [6.45, 7) is 6.52. The molecule has 0 aromatic rings. The fraction of sp³-hybridized carbons (Fsp3) is 0.864. The van der Waals surface area contributed by atoms with Crippen LogP contribution in [0.15, 0.2) is 0 Å². The number of carbonyl (C=O) groups excluding carboxylic acids is 3. The molecule has 31 heavy (non-hydrogen) atoms. The van der Waals surface area contributed by atoms with Crippen molar-refractivity contribution < 1.29 is 19.5 Å². The van der Waals surface area contributed by atoms with Gasteiger partial charge in [-0.2, -0.15) is 0 Å². The van der Waals surface area contributed by atoms with Crippen molar-refractivity contribution in [2.24, 2.45) is 17.8 Å². The molecule has 0 aromatic heterocycles. The van der Waals surface area contributed by atoms with Gasteiger partial charge in [0.2, 0.25) is 17.7 Å². The Morgan fingerprint density at radius 1 is 1.32 bits per heavy atom. The molecule has 0 aliphatic carbocycles. The molecule has 1 spiro atoms. The monoisotopic (exact) mass is 517 g/mol. The first-order valence-corrected chi connectivity index (χ1v) is 13.3. The summed E-state index contributed by atoms with van der Waals surface area (Å²) in [5, 5.41) is 16.0. The highest BCUT2D eigenvalue weighted by Crippen LogP contribution is 2.68. The number of halogens is 1. The van der Waals surface area contributed by atoms with Crippen molar-refractivity contribution in [1.82, 2.24) is 15.5 Å². The van der Waals surface area contributed by atoms with E-state index in [0.29, 0.717) is 13.0 Å². The van der Waals surface area contributed by atoms with E-state index in [-0.39, 0.29) is 40.3 Å². The summed E-state index contributed by atoms with van der Waals surface area (Å²) in [7, 11) is 1.60. The lowest BCUT2D eigenvalue weighted by Crippen LogP contribution is -2.58. The Hall–Kier alpha value is -0.800. The van der Waals surface area contributed by atoms with Crippen LogP contribution in [0.5, 0.6) is 0 Å². The molecule has 3 aliphatic rings. The zero-order valence-corrected chi connectivity index (χ0v) is 21.3. The summed E-state index contributed by atoms with van der Waals surface area (Å²) in [6.07, 6.45) is 4.44. The topological polar surface area (TPSA) is 98.7 Å². The van der Waals surface area contributed by atoms with Gasteiger partial charge in [0.25, 0.3) is 0 Å². The Morgan fingerprint density at radius 3 is 2.61 bits per heavy atom. The molecule has 3 unspecified atom stereocenters. The first kappa shape index (κ1) is 24.8. The second-order valence-corrected chi connectivity index (χ2v) is 11.9. The van der Waals surface area contributed by atoms with Gasteiger partial charge in [-0.05, 0) is 18.8 Å². The SMILES string of the molecule is CCCCCNC(=O)C1N([C@@H](CO)[C@@H](C)CC)C(=O)[C@@H]2[C@@H](C(=O)NC)[C@@H]3SC12CC3Br. The summed E-state index contributed by atoms with van der Waals surface area (Å²) in [4.78, 5) is 41.9. The lowest BCUT2D eigenvalue weighted by molar-refractivity contribution is -0.143. The number of nitrogens with zero attached hydrogens (tertiary/aromatic N) is 1. The second-order valence-electron chi connectivity index (χ2n) is 9.16. The molecule has 3 aliphatic heterocycles. The molecule has 3 rings (SSSR count). The number of aliphatic hydroxyl groups is 1. The van der Waals surface area contributed by atoms with Crippen LogP contribution in [0.4, 0.5) is 0 Å². The largest absolute Gasteiger partial charge is 0.394 e. The maximum absolute atomic E-state index is 13.8. The highest BCUT2D eigenvalue weighted by atomic mass is 79.9.